The number of aliphatic imine (C=N–C) groups is 1. The molecule has 0 saturated carbocycles. The Morgan fingerprint density at radius 2 is 1.40 bits per heavy atom. The smallest absolute Gasteiger partial charge is 0.370 e. The third-order valence-corrected chi connectivity index (χ3v) is 10.8. The van der Waals surface area contributed by atoms with Gasteiger partial charge < -0.3 is 20.4 Å². The molecule has 2 aliphatic heterocycles. The van der Waals surface area contributed by atoms with Crippen LogP contribution in [0.3, 0.4) is 0 Å². The number of unbranched alkanes of at least 4 members (excludes halogenated alkanes) is 1. The molecule has 0 bridgehead atoms. The number of alkyl halides is 3. The van der Waals surface area contributed by atoms with Gasteiger partial charge in [0.1, 0.15) is 0 Å². The van der Waals surface area contributed by atoms with Gasteiger partial charge in [0.2, 0.25) is 0 Å². The summed E-state index contributed by atoms with van der Waals surface area (Å²) >= 11 is 0. The summed E-state index contributed by atoms with van der Waals surface area (Å²) in [5.41, 5.74) is 11.2. The molecule has 0 aliphatic carbocycles. The highest BCUT2D eigenvalue weighted by Crippen LogP contribution is 2.30. The molecule has 53 heavy (non-hydrogen) atoms. The van der Waals surface area contributed by atoms with Crippen LogP contribution < -0.4 is 5.73 Å². The van der Waals surface area contributed by atoms with E-state index in [4.69, 9.17) is 5.73 Å². The van der Waals surface area contributed by atoms with E-state index in [1.807, 2.05) is 11.0 Å². The Bertz CT molecular complexity index is 2020. The zero-order valence-electron chi connectivity index (χ0n) is 30.0. The molecule has 0 spiro atoms. The van der Waals surface area contributed by atoms with Gasteiger partial charge in [0.15, 0.2) is 11.9 Å². The summed E-state index contributed by atoms with van der Waals surface area (Å²) in [4.78, 5) is 11.1. The minimum Gasteiger partial charge on any atom is -0.370 e. The summed E-state index contributed by atoms with van der Waals surface area (Å²) in [6, 6.07) is 40.1. The minimum absolute atomic E-state index is 0.128. The van der Waals surface area contributed by atoms with E-state index in [-0.39, 0.29) is 12.1 Å². The molecular weight excluding hydrogens is 670 g/mol. The van der Waals surface area contributed by atoms with E-state index in [1.165, 1.54) is 45.2 Å². The molecule has 2 heterocycles. The van der Waals surface area contributed by atoms with Crippen LogP contribution in [0.1, 0.15) is 41.5 Å². The Kier molecular flexibility index (Phi) is 11.0. The van der Waals surface area contributed by atoms with Gasteiger partial charge in [-0.25, -0.2) is 0 Å². The van der Waals surface area contributed by atoms with Gasteiger partial charge in [0.05, 0.1) is 24.2 Å². The van der Waals surface area contributed by atoms with Crippen molar-refractivity contribution in [2.45, 2.75) is 56.8 Å². The van der Waals surface area contributed by atoms with Crippen molar-refractivity contribution in [1.29, 1.82) is 5.41 Å². The van der Waals surface area contributed by atoms with Crippen molar-refractivity contribution in [2.24, 2.45) is 10.7 Å². The van der Waals surface area contributed by atoms with Crippen molar-refractivity contribution in [3.05, 3.63) is 144 Å². The number of hydrogen-bond donors (Lipinski definition) is 2. The molecule has 1 fully saturated rings. The van der Waals surface area contributed by atoms with E-state index < -0.39 is 11.7 Å². The Balaban J connectivity index is 0.967. The Morgan fingerprint density at radius 3 is 2.21 bits per heavy atom. The predicted octanol–water partition coefficient (Wildman–Crippen LogP) is 8.64. The van der Waals surface area contributed by atoms with Crippen molar-refractivity contribution in [2.75, 3.05) is 32.7 Å². The van der Waals surface area contributed by atoms with E-state index >= 15 is 0 Å². The summed E-state index contributed by atoms with van der Waals surface area (Å²) in [7, 11) is 0. The highest BCUT2D eigenvalue weighted by Gasteiger charge is 2.35. The fraction of sp³-hybridized carbons (Fsp3) is 0.318. The fourth-order valence-corrected chi connectivity index (χ4v) is 7.88. The SMILES string of the molecule is N=C1N(CCCC[C@H]2CN=C(N)N2CCc2cccc(C(F)(F)F)c2)C[C@@H](Cc2cccc3ccccc23)N1CCc1ccc(-c2ccccc2)cc1. The molecule has 1 saturated heterocycles. The monoisotopic (exact) mass is 716 g/mol. The fourth-order valence-electron chi connectivity index (χ4n) is 7.88. The molecule has 0 amide bonds. The second kappa shape index (κ2) is 16.1. The highest BCUT2D eigenvalue weighted by molar-refractivity contribution is 5.86. The first-order valence-corrected chi connectivity index (χ1v) is 18.7. The number of benzene rings is 5. The van der Waals surface area contributed by atoms with E-state index in [1.54, 1.807) is 6.07 Å². The molecular formula is C44H47F3N6. The predicted molar refractivity (Wildman–Crippen MR) is 209 cm³/mol. The third-order valence-electron chi connectivity index (χ3n) is 10.8. The van der Waals surface area contributed by atoms with Crippen LogP contribution in [0.15, 0.2) is 126 Å². The molecule has 0 aromatic heterocycles. The molecule has 0 unspecified atom stereocenters. The maximum Gasteiger partial charge on any atom is 0.416 e. The van der Waals surface area contributed by atoms with E-state index in [2.05, 4.69) is 106 Å². The van der Waals surface area contributed by atoms with Crippen LogP contribution in [-0.4, -0.2) is 71.4 Å². The molecule has 6 nitrogen and oxygen atoms in total. The highest BCUT2D eigenvalue weighted by atomic mass is 19.4. The van der Waals surface area contributed by atoms with Gasteiger partial charge in [-0.15, -0.1) is 0 Å². The molecule has 2 aliphatic rings. The number of nitrogens with zero attached hydrogens (tertiary/aromatic N) is 4. The van der Waals surface area contributed by atoms with Crippen LogP contribution in [0.25, 0.3) is 21.9 Å². The second-order valence-electron chi connectivity index (χ2n) is 14.3. The minimum atomic E-state index is -4.36. The third kappa shape index (κ3) is 8.67. The van der Waals surface area contributed by atoms with Gasteiger partial charge >= 0.3 is 6.18 Å². The van der Waals surface area contributed by atoms with Gasteiger partial charge in [-0.3, -0.25) is 10.4 Å². The molecule has 7 rings (SSSR count). The first kappa shape index (κ1) is 36.1. The molecule has 5 aromatic rings. The zero-order valence-corrected chi connectivity index (χ0v) is 30.0. The maximum absolute atomic E-state index is 13.2. The summed E-state index contributed by atoms with van der Waals surface area (Å²) in [5, 5.41) is 11.8. The normalized spacial score (nSPS) is 17.6. The topological polar surface area (TPSA) is 71.9 Å². The Morgan fingerprint density at radius 1 is 0.698 bits per heavy atom. The Hall–Kier alpha value is -5.31. The number of rotatable bonds is 14. The Labute approximate surface area is 310 Å². The van der Waals surface area contributed by atoms with Crippen molar-refractivity contribution < 1.29 is 13.2 Å². The quantitative estimate of drug-likeness (QED) is 0.113. The number of nitrogens with one attached hydrogen (secondary N) is 1. The van der Waals surface area contributed by atoms with Gasteiger partial charge in [0, 0.05) is 26.2 Å². The lowest BCUT2D eigenvalue weighted by Gasteiger charge is -2.27. The van der Waals surface area contributed by atoms with Crippen molar-refractivity contribution in [1.82, 2.24) is 14.7 Å². The summed E-state index contributed by atoms with van der Waals surface area (Å²) < 4.78 is 39.7. The summed E-state index contributed by atoms with van der Waals surface area (Å²) in [6.45, 7) is 3.49. The van der Waals surface area contributed by atoms with Crippen molar-refractivity contribution in [3.63, 3.8) is 0 Å². The number of halogens is 3. The average Bonchev–Trinajstić information content (AvgIpc) is 3.68. The van der Waals surface area contributed by atoms with Gasteiger partial charge in [-0.1, -0.05) is 115 Å². The lowest BCUT2D eigenvalue weighted by molar-refractivity contribution is -0.137. The van der Waals surface area contributed by atoms with Crippen LogP contribution >= 0.6 is 0 Å². The van der Waals surface area contributed by atoms with Crippen molar-refractivity contribution >= 4 is 22.7 Å². The maximum atomic E-state index is 13.2. The largest absolute Gasteiger partial charge is 0.416 e. The van der Waals surface area contributed by atoms with Gasteiger partial charge in [-0.05, 0) is 83.2 Å². The van der Waals surface area contributed by atoms with Crippen LogP contribution in [0, 0.1) is 5.41 Å². The molecule has 5 aromatic carbocycles. The molecule has 3 N–H and O–H groups in total. The van der Waals surface area contributed by atoms with Crippen molar-refractivity contribution in [3.8, 4) is 11.1 Å². The second-order valence-corrected chi connectivity index (χ2v) is 14.3. The number of fused-ring (bicyclic) bond motifs is 1. The number of nitrogens with two attached hydrogens (primary N) is 1. The number of hydrogen-bond acceptors (Lipinski definition) is 4. The van der Waals surface area contributed by atoms with Gasteiger partial charge in [0.25, 0.3) is 0 Å². The van der Waals surface area contributed by atoms with Crippen LogP contribution in [-0.2, 0) is 25.4 Å². The molecule has 0 radical (unpaired) electrons. The van der Waals surface area contributed by atoms with Gasteiger partial charge in [-0.2, -0.15) is 13.2 Å². The van der Waals surface area contributed by atoms with E-state index in [9.17, 15) is 18.6 Å². The van der Waals surface area contributed by atoms with E-state index in [0.717, 1.165) is 57.8 Å². The van der Waals surface area contributed by atoms with Crippen LogP contribution in [0.5, 0.6) is 0 Å². The molecule has 9 heteroatoms. The molecule has 274 valence electrons. The van der Waals surface area contributed by atoms with E-state index in [0.29, 0.717) is 37.0 Å². The lowest BCUT2D eigenvalue weighted by atomic mass is 9.98. The average molecular weight is 717 g/mol. The summed E-state index contributed by atoms with van der Waals surface area (Å²) in [5.74, 6) is 1.05. The molecule has 2 atom stereocenters. The summed E-state index contributed by atoms with van der Waals surface area (Å²) in [6.07, 6.45) is 0.585. The van der Waals surface area contributed by atoms with Crippen LogP contribution in [0.4, 0.5) is 13.2 Å². The zero-order chi connectivity index (χ0) is 36.8. The van der Waals surface area contributed by atoms with Crippen LogP contribution in [0.2, 0.25) is 0 Å². The lowest BCUT2D eigenvalue weighted by Crippen LogP contribution is -2.42. The standard InChI is InChI=1S/C44H47F3N6/c45-44(46,47)38-16-8-10-33(28-38)24-26-52-39(30-50-42(52)48)17-6-7-25-51-31-40(29-37-15-9-14-36-13-4-5-18-41(36)37)53(43(51)49)27-23-32-19-21-35(22-20-32)34-11-2-1-3-12-34/h1-5,8-16,18-22,28,39-40,49H,6-7,17,23-27,29-31H2,(H2,48,50)/t39-,40+/m0/s1. The first-order chi connectivity index (χ1) is 25.7. The first-order valence-electron chi connectivity index (χ1n) is 18.7. The number of guanidine groups is 2.